The second-order valence-corrected chi connectivity index (χ2v) is 5.40. The summed E-state index contributed by atoms with van der Waals surface area (Å²) >= 11 is 0. The summed E-state index contributed by atoms with van der Waals surface area (Å²) in [7, 11) is 1.28. The van der Waals surface area contributed by atoms with Crippen LogP contribution in [0.25, 0.3) is 6.08 Å². The average molecular weight is 352 g/mol. The van der Waals surface area contributed by atoms with E-state index in [1.54, 1.807) is 54.6 Å². The number of para-hydroxylation sites is 1. The molecule has 1 aliphatic heterocycles. The number of benzene rings is 2. The predicted octanol–water partition coefficient (Wildman–Crippen LogP) is 2.34. The zero-order valence-corrected chi connectivity index (χ0v) is 14.0. The van der Waals surface area contributed by atoms with Crippen LogP contribution in [0.3, 0.4) is 0 Å². The largest absolute Gasteiger partial charge is 0.482 e. The van der Waals surface area contributed by atoms with Crippen LogP contribution in [0.4, 0.5) is 10.5 Å². The number of hydrogen-bond acceptors (Lipinski definition) is 5. The first-order chi connectivity index (χ1) is 12.6. The van der Waals surface area contributed by atoms with Crippen LogP contribution in [-0.2, 0) is 14.3 Å². The third kappa shape index (κ3) is 3.72. The fourth-order valence-corrected chi connectivity index (χ4v) is 2.37. The van der Waals surface area contributed by atoms with E-state index in [-0.39, 0.29) is 12.3 Å². The zero-order valence-electron chi connectivity index (χ0n) is 14.0. The number of rotatable bonds is 5. The van der Waals surface area contributed by atoms with Crippen molar-refractivity contribution in [2.24, 2.45) is 0 Å². The van der Waals surface area contributed by atoms with Gasteiger partial charge in [-0.1, -0.05) is 30.3 Å². The Balaban J connectivity index is 1.73. The van der Waals surface area contributed by atoms with Crippen molar-refractivity contribution in [3.63, 3.8) is 0 Å². The SMILES string of the molecule is COC(=O)COc1ccc(C=C2NC(=O)N(c3ccccc3)C2=O)cc1. The van der Waals surface area contributed by atoms with Gasteiger partial charge in [0, 0.05) is 0 Å². The van der Waals surface area contributed by atoms with Gasteiger partial charge in [-0.2, -0.15) is 0 Å². The van der Waals surface area contributed by atoms with Gasteiger partial charge in [0.2, 0.25) is 0 Å². The van der Waals surface area contributed by atoms with Gasteiger partial charge in [0.25, 0.3) is 5.91 Å². The zero-order chi connectivity index (χ0) is 18.5. The minimum atomic E-state index is -0.495. The molecule has 1 aliphatic rings. The number of esters is 1. The molecule has 1 fully saturated rings. The molecule has 0 bridgehead atoms. The van der Waals surface area contributed by atoms with E-state index in [9.17, 15) is 14.4 Å². The van der Waals surface area contributed by atoms with Crippen molar-refractivity contribution >= 4 is 29.7 Å². The van der Waals surface area contributed by atoms with Crippen molar-refractivity contribution in [3.05, 3.63) is 65.9 Å². The summed E-state index contributed by atoms with van der Waals surface area (Å²) < 4.78 is 9.75. The Kier molecular flexibility index (Phi) is 4.98. The highest BCUT2D eigenvalue weighted by Crippen LogP contribution is 2.22. The lowest BCUT2D eigenvalue weighted by molar-refractivity contribution is -0.142. The van der Waals surface area contributed by atoms with Crippen LogP contribution in [0.15, 0.2) is 60.3 Å². The molecular weight excluding hydrogens is 336 g/mol. The number of hydrogen-bond donors (Lipinski definition) is 1. The molecule has 0 saturated carbocycles. The Bertz CT molecular complexity index is 859. The van der Waals surface area contributed by atoms with E-state index in [0.29, 0.717) is 17.0 Å². The Morgan fingerprint density at radius 1 is 1.08 bits per heavy atom. The van der Waals surface area contributed by atoms with E-state index in [1.807, 2.05) is 6.07 Å². The number of urea groups is 1. The predicted molar refractivity (Wildman–Crippen MR) is 94.4 cm³/mol. The molecule has 1 heterocycles. The molecular formula is C19H16N2O5. The van der Waals surface area contributed by atoms with Gasteiger partial charge in [-0.15, -0.1) is 0 Å². The Labute approximate surface area is 149 Å². The molecule has 3 amide bonds. The van der Waals surface area contributed by atoms with Gasteiger partial charge in [0.1, 0.15) is 11.4 Å². The maximum absolute atomic E-state index is 12.5. The number of amides is 3. The number of anilines is 1. The molecule has 3 rings (SSSR count). The fraction of sp³-hybridized carbons (Fsp3) is 0.105. The van der Waals surface area contributed by atoms with Crippen LogP contribution in [0, 0.1) is 0 Å². The first-order valence-corrected chi connectivity index (χ1v) is 7.80. The Morgan fingerprint density at radius 2 is 1.77 bits per heavy atom. The number of nitrogens with zero attached hydrogens (tertiary/aromatic N) is 1. The van der Waals surface area contributed by atoms with Crippen LogP contribution in [0.1, 0.15) is 5.56 Å². The lowest BCUT2D eigenvalue weighted by Gasteiger charge is -2.10. The maximum atomic E-state index is 12.5. The molecule has 0 atom stereocenters. The average Bonchev–Trinajstić information content (AvgIpc) is 2.94. The van der Waals surface area contributed by atoms with E-state index in [2.05, 4.69) is 10.1 Å². The molecule has 2 aromatic rings. The van der Waals surface area contributed by atoms with Crippen molar-refractivity contribution in [1.82, 2.24) is 5.32 Å². The van der Waals surface area contributed by atoms with Gasteiger partial charge in [-0.25, -0.2) is 14.5 Å². The lowest BCUT2D eigenvalue weighted by atomic mass is 10.2. The molecule has 2 aromatic carbocycles. The van der Waals surface area contributed by atoms with Crippen LogP contribution in [0.5, 0.6) is 5.75 Å². The lowest BCUT2D eigenvalue weighted by Crippen LogP contribution is -2.30. The van der Waals surface area contributed by atoms with Crippen LogP contribution in [0.2, 0.25) is 0 Å². The van der Waals surface area contributed by atoms with Crippen molar-refractivity contribution in [3.8, 4) is 5.75 Å². The van der Waals surface area contributed by atoms with Gasteiger partial charge >= 0.3 is 12.0 Å². The summed E-state index contributed by atoms with van der Waals surface area (Å²) in [4.78, 5) is 36.7. The van der Waals surface area contributed by atoms with E-state index in [0.717, 1.165) is 4.90 Å². The van der Waals surface area contributed by atoms with Gasteiger partial charge in [-0.3, -0.25) is 4.79 Å². The first-order valence-electron chi connectivity index (χ1n) is 7.80. The fourth-order valence-electron chi connectivity index (χ4n) is 2.37. The number of methoxy groups -OCH3 is 1. The van der Waals surface area contributed by atoms with Crippen molar-refractivity contribution in [2.75, 3.05) is 18.6 Å². The minimum Gasteiger partial charge on any atom is -0.482 e. The van der Waals surface area contributed by atoms with Crippen molar-refractivity contribution in [2.45, 2.75) is 0 Å². The summed E-state index contributed by atoms with van der Waals surface area (Å²) in [5.41, 5.74) is 1.39. The van der Waals surface area contributed by atoms with E-state index in [1.165, 1.54) is 7.11 Å². The third-order valence-corrected chi connectivity index (χ3v) is 3.67. The number of carbonyl (C=O) groups is 3. The molecule has 132 valence electrons. The van der Waals surface area contributed by atoms with Gasteiger partial charge in [-0.05, 0) is 35.9 Å². The quantitative estimate of drug-likeness (QED) is 0.507. The van der Waals surface area contributed by atoms with E-state index in [4.69, 9.17) is 4.74 Å². The summed E-state index contributed by atoms with van der Waals surface area (Å²) in [6.07, 6.45) is 1.58. The highest BCUT2D eigenvalue weighted by atomic mass is 16.6. The molecule has 1 N–H and O–H groups in total. The Hall–Kier alpha value is -3.61. The molecule has 0 aromatic heterocycles. The molecule has 7 heteroatoms. The van der Waals surface area contributed by atoms with Gasteiger partial charge in [0.15, 0.2) is 6.61 Å². The second-order valence-electron chi connectivity index (χ2n) is 5.40. The van der Waals surface area contributed by atoms with Crippen molar-refractivity contribution in [1.29, 1.82) is 0 Å². The first kappa shape index (κ1) is 17.2. The molecule has 0 unspecified atom stereocenters. The monoisotopic (exact) mass is 352 g/mol. The summed E-state index contributed by atoms with van der Waals surface area (Å²) in [5.74, 6) is -0.408. The highest BCUT2D eigenvalue weighted by molar-refractivity contribution is 6.28. The number of imide groups is 1. The van der Waals surface area contributed by atoms with Crippen LogP contribution < -0.4 is 15.0 Å². The third-order valence-electron chi connectivity index (χ3n) is 3.67. The molecule has 26 heavy (non-hydrogen) atoms. The minimum absolute atomic E-state index is 0.182. The summed E-state index contributed by atoms with van der Waals surface area (Å²) in [6.45, 7) is -0.183. The number of nitrogens with one attached hydrogen (secondary N) is 1. The molecule has 0 spiro atoms. The highest BCUT2D eigenvalue weighted by Gasteiger charge is 2.34. The summed E-state index contributed by atoms with van der Waals surface area (Å²) in [6, 6.07) is 14.9. The van der Waals surface area contributed by atoms with Crippen LogP contribution in [-0.4, -0.2) is 31.6 Å². The second kappa shape index (κ2) is 7.52. The Morgan fingerprint density at radius 3 is 2.42 bits per heavy atom. The molecule has 7 nitrogen and oxygen atoms in total. The molecule has 0 radical (unpaired) electrons. The number of carbonyl (C=O) groups excluding carboxylic acids is 3. The van der Waals surface area contributed by atoms with Crippen LogP contribution >= 0.6 is 0 Å². The number of ether oxygens (including phenoxy) is 2. The van der Waals surface area contributed by atoms with E-state index >= 15 is 0 Å². The van der Waals surface area contributed by atoms with Gasteiger partial charge < -0.3 is 14.8 Å². The van der Waals surface area contributed by atoms with Crippen molar-refractivity contribution < 1.29 is 23.9 Å². The van der Waals surface area contributed by atoms with Gasteiger partial charge in [0.05, 0.1) is 12.8 Å². The maximum Gasteiger partial charge on any atom is 0.343 e. The smallest absolute Gasteiger partial charge is 0.343 e. The molecule has 1 saturated heterocycles. The standard InChI is InChI=1S/C19H16N2O5/c1-25-17(22)12-26-15-9-7-13(8-10-15)11-16-18(23)21(19(24)20-16)14-5-3-2-4-6-14/h2-11H,12H2,1H3,(H,20,24). The summed E-state index contributed by atoms with van der Waals surface area (Å²) in [5, 5.41) is 2.57. The topological polar surface area (TPSA) is 84.9 Å². The molecule has 0 aliphatic carbocycles. The normalized spacial score (nSPS) is 15.1. The van der Waals surface area contributed by atoms with E-state index < -0.39 is 17.9 Å².